The SMILES string of the molecule is Cc1nn(C)cc1NCc1c(C(=O)O)cnn1C. The molecule has 0 fully saturated rings. The van der Waals surface area contributed by atoms with Gasteiger partial charge in [-0.05, 0) is 6.92 Å². The van der Waals surface area contributed by atoms with Crippen molar-refractivity contribution in [3.05, 3.63) is 29.3 Å². The summed E-state index contributed by atoms with van der Waals surface area (Å²) in [5.41, 5.74) is 2.60. The molecule has 96 valence electrons. The third-order valence-corrected chi connectivity index (χ3v) is 2.75. The number of aryl methyl sites for hydroxylation is 3. The van der Waals surface area contributed by atoms with Crippen LogP contribution in [0.4, 0.5) is 5.69 Å². The van der Waals surface area contributed by atoms with Crippen LogP contribution >= 0.6 is 0 Å². The van der Waals surface area contributed by atoms with E-state index in [-0.39, 0.29) is 5.56 Å². The largest absolute Gasteiger partial charge is 0.478 e. The maximum absolute atomic E-state index is 11.0. The molecule has 2 heterocycles. The number of hydrogen-bond donors (Lipinski definition) is 2. The predicted octanol–water partition coefficient (Wildman–Crippen LogP) is 0.772. The summed E-state index contributed by atoms with van der Waals surface area (Å²) in [7, 11) is 3.56. The number of carboxylic acid groups (broad SMARTS) is 1. The first-order valence-electron chi connectivity index (χ1n) is 5.47. The van der Waals surface area contributed by atoms with Crippen molar-refractivity contribution in [2.75, 3.05) is 5.32 Å². The summed E-state index contributed by atoms with van der Waals surface area (Å²) in [5, 5.41) is 20.4. The molecular formula is C11H15N5O2. The van der Waals surface area contributed by atoms with Crippen LogP contribution in [-0.2, 0) is 20.6 Å². The Labute approximate surface area is 104 Å². The van der Waals surface area contributed by atoms with Crippen LogP contribution in [0.2, 0.25) is 0 Å². The van der Waals surface area contributed by atoms with Crippen molar-refractivity contribution in [1.82, 2.24) is 19.6 Å². The third kappa shape index (κ3) is 2.20. The second-order valence-corrected chi connectivity index (χ2v) is 4.09. The van der Waals surface area contributed by atoms with Gasteiger partial charge in [0, 0.05) is 20.3 Å². The molecule has 0 aliphatic heterocycles. The number of aromatic carboxylic acids is 1. The van der Waals surface area contributed by atoms with E-state index in [1.165, 1.54) is 6.20 Å². The lowest BCUT2D eigenvalue weighted by atomic mass is 10.2. The molecule has 0 spiro atoms. The first-order valence-corrected chi connectivity index (χ1v) is 5.47. The molecule has 2 aromatic rings. The van der Waals surface area contributed by atoms with Crippen LogP contribution in [0, 0.1) is 6.92 Å². The summed E-state index contributed by atoms with van der Waals surface area (Å²) in [4.78, 5) is 11.0. The fourth-order valence-electron chi connectivity index (χ4n) is 1.80. The molecule has 0 radical (unpaired) electrons. The first-order chi connectivity index (χ1) is 8.49. The lowest BCUT2D eigenvalue weighted by Crippen LogP contribution is -2.10. The monoisotopic (exact) mass is 249 g/mol. The van der Waals surface area contributed by atoms with E-state index in [1.807, 2.05) is 20.2 Å². The Hall–Kier alpha value is -2.31. The highest BCUT2D eigenvalue weighted by molar-refractivity contribution is 5.88. The van der Waals surface area contributed by atoms with E-state index in [0.29, 0.717) is 12.2 Å². The van der Waals surface area contributed by atoms with Crippen molar-refractivity contribution < 1.29 is 9.90 Å². The molecule has 0 aliphatic rings. The Morgan fingerprint density at radius 1 is 1.50 bits per heavy atom. The van der Waals surface area contributed by atoms with Crippen LogP contribution in [-0.4, -0.2) is 30.6 Å². The number of rotatable bonds is 4. The van der Waals surface area contributed by atoms with Crippen LogP contribution in [0.15, 0.2) is 12.4 Å². The summed E-state index contributed by atoms with van der Waals surface area (Å²) in [5.74, 6) is -0.970. The summed E-state index contributed by atoms with van der Waals surface area (Å²) in [6, 6.07) is 0. The number of carbonyl (C=O) groups is 1. The van der Waals surface area contributed by atoms with Crippen LogP contribution in [0.25, 0.3) is 0 Å². The van der Waals surface area contributed by atoms with Gasteiger partial charge in [-0.1, -0.05) is 0 Å². The molecule has 2 aromatic heterocycles. The fraction of sp³-hybridized carbons (Fsp3) is 0.364. The number of nitrogens with zero attached hydrogens (tertiary/aromatic N) is 4. The van der Waals surface area contributed by atoms with Gasteiger partial charge in [-0.15, -0.1) is 0 Å². The number of nitrogens with one attached hydrogen (secondary N) is 1. The minimum Gasteiger partial charge on any atom is -0.478 e. The van der Waals surface area contributed by atoms with E-state index in [1.54, 1.807) is 16.4 Å². The van der Waals surface area contributed by atoms with Gasteiger partial charge in [-0.25, -0.2) is 4.79 Å². The average Bonchev–Trinajstić information content (AvgIpc) is 2.79. The average molecular weight is 249 g/mol. The zero-order valence-corrected chi connectivity index (χ0v) is 10.5. The minimum atomic E-state index is -0.970. The van der Waals surface area contributed by atoms with Crippen molar-refractivity contribution in [2.45, 2.75) is 13.5 Å². The van der Waals surface area contributed by atoms with E-state index in [2.05, 4.69) is 15.5 Å². The number of carboxylic acids is 1. The molecule has 0 saturated heterocycles. The molecule has 7 heteroatoms. The third-order valence-electron chi connectivity index (χ3n) is 2.75. The quantitative estimate of drug-likeness (QED) is 0.836. The van der Waals surface area contributed by atoms with E-state index in [4.69, 9.17) is 5.11 Å². The fourth-order valence-corrected chi connectivity index (χ4v) is 1.80. The summed E-state index contributed by atoms with van der Waals surface area (Å²) < 4.78 is 3.27. The molecule has 2 N–H and O–H groups in total. The second-order valence-electron chi connectivity index (χ2n) is 4.09. The van der Waals surface area contributed by atoms with Crippen LogP contribution in [0.1, 0.15) is 21.7 Å². The molecule has 0 atom stereocenters. The highest BCUT2D eigenvalue weighted by Gasteiger charge is 2.15. The molecule has 0 saturated carbocycles. The number of aromatic nitrogens is 4. The van der Waals surface area contributed by atoms with Gasteiger partial charge in [0.25, 0.3) is 0 Å². The van der Waals surface area contributed by atoms with Gasteiger partial charge in [0.15, 0.2) is 0 Å². The number of hydrogen-bond acceptors (Lipinski definition) is 4. The normalized spacial score (nSPS) is 10.6. The molecular weight excluding hydrogens is 234 g/mol. The molecule has 0 bridgehead atoms. The van der Waals surface area contributed by atoms with E-state index in [9.17, 15) is 4.79 Å². The van der Waals surface area contributed by atoms with Crippen LogP contribution < -0.4 is 5.32 Å². The van der Waals surface area contributed by atoms with E-state index < -0.39 is 5.97 Å². The highest BCUT2D eigenvalue weighted by Crippen LogP contribution is 2.14. The Morgan fingerprint density at radius 2 is 2.22 bits per heavy atom. The molecule has 0 unspecified atom stereocenters. The standard InChI is InChI=1S/C11H15N5O2/c1-7-9(6-15(2)14-7)12-5-10-8(11(17)18)4-13-16(10)3/h4,6,12H,5H2,1-3H3,(H,17,18). The van der Waals surface area contributed by atoms with Gasteiger partial charge in [-0.2, -0.15) is 10.2 Å². The molecule has 18 heavy (non-hydrogen) atoms. The smallest absolute Gasteiger partial charge is 0.339 e. The molecule has 2 rings (SSSR count). The maximum Gasteiger partial charge on any atom is 0.339 e. The Bertz CT molecular complexity index is 584. The molecule has 7 nitrogen and oxygen atoms in total. The summed E-state index contributed by atoms with van der Waals surface area (Å²) >= 11 is 0. The zero-order chi connectivity index (χ0) is 13.3. The van der Waals surface area contributed by atoms with Crippen molar-refractivity contribution in [1.29, 1.82) is 0 Å². The topological polar surface area (TPSA) is 85.0 Å². The predicted molar refractivity (Wildman–Crippen MR) is 65.4 cm³/mol. The van der Waals surface area contributed by atoms with Crippen molar-refractivity contribution in [3.63, 3.8) is 0 Å². The van der Waals surface area contributed by atoms with Crippen molar-refractivity contribution in [2.24, 2.45) is 14.1 Å². The van der Waals surface area contributed by atoms with Gasteiger partial charge >= 0.3 is 5.97 Å². The summed E-state index contributed by atoms with van der Waals surface area (Å²) in [6.07, 6.45) is 3.21. The van der Waals surface area contributed by atoms with Gasteiger partial charge in [-0.3, -0.25) is 9.36 Å². The van der Waals surface area contributed by atoms with Crippen LogP contribution in [0.5, 0.6) is 0 Å². The van der Waals surface area contributed by atoms with Crippen molar-refractivity contribution in [3.8, 4) is 0 Å². The van der Waals surface area contributed by atoms with Gasteiger partial charge < -0.3 is 10.4 Å². The molecule has 0 aromatic carbocycles. The molecule has 0 aliphatic carbocycles. The lowest BCUT2D eigenvalue weighted by Gasteiger charge is -2.06. The minimum absolute atomic E-state index is 0.214. The van der Waals surface area contributed by atoms with E-state index >= 15 is 0 Å². The van der Waals surface area contributed by atoms with Gasteiger partial charge in [0.2, 0.25) is 0 Å². The van der Waals surface area contributed by atoms with Crippen LogP contribution in [0.3, 0.4) is 0 Å². The maximum atomic E-state index is 11.0. The highest BCUT2D eigenvalue weighted by atomic mass is 16.4. The summed E-state index contributed by atoms with van der Waals surface area (Å²) in [6.45, 7) is 2.29. The Kier molecular flexibility index (Phi) is 3.05. The van der Waals surface area contributed by atoms with Crippen molar-refractivity contribution >= 4 is 11.7 Å². The lowest BCUT2D eigenvalue weighted by molar-refractivity contribution is 0.0695. The van der Waals surface area contributed by atoms with Gasteiger partial charge in [0.1, 0.15) is 5.56 Å². The van der Waals surface area contributed by atoms with Gasteiger partial charge in [0.05, 0.1) is 29.8 Å². The number of anilines is 1. The second kappa shape index (κ2) is 4.52. The Balaban J connectivity index is 2.18. The Morgan fingerprint density at radius 3 is 2.78 bits per heavy atom. The zero-order valence-electron chi connectivity index (χ0n) is 10.5. The first kappa shape index (κ1) is 12.2. The van der Waals surface area contributed by atoms with E-state index in [0.717, 1.165) is 11.4 Å². The molecule has 0 amide bonds.